The molecular formula is C15H11BrCl2N2O3. The number of carbonyl (C=O) groups is 1. The van der Waals surface area contributed by atoms with Crippen LogP contribution in [0.5, 0.6) is 11.5 Å². The van der Waals surface area contributed by atoms with E-state index in [1.807, 2.05) is 0 Å². The summed E-state index contributed by atoms with van der Waals surface area (Å²) < 4.78 is 5.76. The fraction of sp³-hybridized carbons (Fsp3) is 0.0667. The Morgan fingerprint density at radius 1 is 1.39 bits per heavy atom. The Hall–Kier alpha value is -1.76. The van der Waals surface area contributed by atoms with E-state index in [4.69, 9.17) is 27.9 Å². The van der Waals surface area contributed by atoms with Gasteiger partial charge in [0.25, 0.3) is 5.91 Å². The van der Waals surface area contributed by atoms with Gasteiger partial charge in [-0.2, -0.15) is 5.10 Å². The predicted molar refractivity (Wildman–Crippen MR) is 93.9 cm³/mol. The number of rotatable bonds is 4. The molecule has 5 nitrogen and oxygen atoms in total. The Morgan fingerprint density at radius 2 is 2.13 bits per heavy atom. The monoisotopic (exact) mass is 416 g/mol. The first-order valence-electron chi connectivity index (χ1n) is 6.28. The fourth-order valence-corrected chi connectivity index (χ4v) is 2.53. The van der Waals surface area contributed by atoms with Gasteiger partial charge in [0.15, 0.2) is 11.5 Å². The molecule has 1 amide bonds. The molecule has 0 bridgehead atoms. The maximum absolute atomic E-state index is 12.0. The summed E-state index contributed by atoms with van der Waals surface area (Å²) in [6.45, 7) is 0. The molecule has 0 spiro atoms. The van der Waals surface area contributed by atoms with Gasteiger partial charge >= 0.3 is 0 Å². The number of ether oxygens (including phenoxy) is 1. The number of halogens is 3. The smallest absolute Gasteiger partial charge is 0.271 e. The number of nitrogens with zero attached hydrogens (tertiary/aromatic N) is 1. The standard InChI is InChI=1S/C15H11BrCl2N2O3/c1-23-12-6-11(17)13(18)10(14(12)21)7-19-20-15(22)8-3-2-4-9(16)5-8/h2-7,21H,1H3,(H,20,22). The van der Waals surface area contributed by atoms with Crippen molar-refractivity contribution in [2.45, 2.75) is 0 Å². The quantitative estimate of drug-likeness (QED) is 0.577. The molecule has 0 fully saturated rings. The van der Waals surface area contributed by atoms with E-state index in [2.05, 4.69) is 26.5 Å². The van der Waals surface area contributed by atoms with Gasteiger partial charge in [0.05, 0.1) is 28.9 Å². The van der Waals surface area contributed by atoms with Crippen LogP contribution in [-0.2, 0) is 0 Å². The van der Waals surface area contributed by atoms with Gasteiger partial charge in [-0.3, -0.25) is 4.79 Å². The molecule has 0 aliphatic carbocycles. The minimum Gasteiger partial charge on any atom is -0.504 e. The fourth-order valence-electron chi connectivity index (χ4n) is 1.74. The molecule has 0 aliphatic heterocycles. The van der Waals surface area contributed by atoms with E-state index in [-0.39, 0.29) is 27.1 Å². The summed E-state index contributed by atoms with van der Waals surface area (Å²) in [6, 6.07) is 8.21. The average Bonchev–Trinajstić information content (AvgIpc) is 2.54. The van der Waals surface area contributed by atoms with Crippen molar-refractivity contribution in [3.63, 3.8) is 0 Å². The average molecular weight is 418 g/mol. The maximum Gasteiger partial charge on any atom is 0.271 e. The summed E-state index contributed by atoms with van der Waals surface area (Å²) in [6.07, 6.45) is 1.20. The molecule has 23 heavy (non-hydrogen) atoms. The van der Waals surface area contributed by atoms with E-state index < -0.39 is 5.91 Å². The highest BCUT2D eigenvalue weighted by atomic mass is 79.9. The number of methoxy groups -OCH3 is 1. The van der Waals surface area contributed by atoms with Crippen molar-refractivity contribution in [1.29, 1.82) is 0 Å². The van der Waals surface area contributed by atoms with Crippen molar-refractivity contribution in [2.75, 3.05) is 7.11 Å². The predicted octanol–water partition coefficient (Wildman–Crippen LogP) is 4.23. The van der Waals surface area contributed by atoms with Gasteiger partial charge in [-0.25, -0.2) is 5.43 Å². The Labute approximate surface area is 151 Å². The third kappa shape index (κ3) is 4.16. The van der Waals surface area contributed by atoms with Crippen LogP contribution in [-0.4, -0.2) is 24.3 Å². The second-order valence-electron chi connectivity index (χ2n) is 4.35. The summed E-state index contributed by atoms with van der Waals surface area (Å²) in [5.74, 6) is -0.478. The third-order valence-electron chi connectivity index (χ3n) is 2.86. The van der Waals surface area contributed by atoms with E-state index >= 15 is 0 Å². The Balaban J connectivity index is 2.21. The zero-order valence-electron chi connectivity index (χ0n) is 11.8. The lowest BCUT2D eigenvalue weighted by atomic mass is 10.2. The minimum atomic E-state index is -0.410. The van der Waals surface area contributed by atoms with Crippen molar-refractivity contribution >= 4 is 51.3 Å². The van der Waals surface area contributed by atoms with Crippen LogP contribution in [0.2, 0.25) is 10.0 Å². The number of nitrogens with one attached hydrogen (secondary N) is 1. The van der Waals surface area contributed by atoms with Crippen LogP contribution in [0.1, 0.15) is 15.9 Å². The number of phenols is 1. The van der Waals surface area contributed by atoms with Crippen LogP contribution < -0.4 is 10.2 Å². The Bertz CT molecular complexity index is 782. The lowest BCUT2D eigenvalue weighted by Crippen LogP contribution is -2.17. The lowest BCUT2D eigenvalue weighted by Gasteiger charge is -2.09. The molecule has 0 heterocycles. The van der Waals surface area contributed by atoms with Crippen molar-refractivity contribution in [3.05, 3.63) is 56.0 Å². The molecule has 0 saturated carbocycles. The van der Waals surface area contributed by atoms with Crippen LogP contribution in [0.3, 0.4) is 0 Å². The molecule has 2 rings (SSSR count). The van der Waals surface area contributed by atoms with E-state index in [0.29, 0.717) is 5.56 Å². The van der Waals surface area contributed by atoms with Crippen LogP contribution in [0.15, 0.2) is 39.9 Å². The summed E-state index contributed by atoms with van der Waals surface area (Å²) in [4.78, 5) is 12.0. The van der Waals surface area contributed by atoms with Crippen LogP contribution in [0, 0.1) is 0 Å². The number of hydrazone groups is 1. The highest BCUT2D eigenvalue weighted by Gasteiger charge is 2.15. The zero-order chi connectivity index (χ0) is 17.0. The number of carbonyl (C=O) groups excluding carboxylic acids is 1. The summed E-state index contributed by atoms with van der Waals surface area (Å²) in [5.41, 5.74) is 2.91. The third-order valence-corrected chi connectivity index (χ3v) is 4.15. The summed E-state index contributed by atoms with van der Waals surface area (Å²) in [5, 5.41) is 14.1. The molecule has 0 unspecified atom stereocenters. The molecule has 0 radical (unpaired) electrons. The van der Waals surface area contributed by atoms with Crippen LogP contribution >= 0.6 is 39.1 Å². The van der Waals surface area contributed by atoms with Gasteiger partial charge in [-0.05, 0) is 18.2 Å². The summed E-state index contributed by atoms with van der Waals surface area (Å²) in [7, 11) is 1.38. The highest BCUT2D eigenvalue weighted by molar-refractivity contribution is 9.10. The van der Waals surface area contributed by atoms with Gasteiger partial charge in [-0.1, -0.05) is 45.2 Å². The van der Waals surface area contributed by atoms with Crippen molar-refractivity contribution in [3.8, 4) is 11.5 Å². The van der Waals surface area contributed by atoms with Crippen LogP contribution in [0.25, 0.3) is 0 Å². The van der Waals surface area contributed by atoms with Crippen molar-refractivity contribution in [2.24, 2.45) is 5.10 Å². The van der Waals surface area contributed by atoms with Gasteiger partial charge in [0.2, 0.25) is 0 Å². The Morgan fingerprint density at radius 3 is 2.78 bits per heavy atom. The molecule has 0 saturated heterocycles. The molecule has 120 valence electrons. The number of amides is 1. The molecule has 0 aliphatic rings. The number of hydrogen-bond acceptors (Lipinski definition) is 4. The molecule has 2 aromatic rings. The number of aromatic hydroxyl groups is 1. The molecular weight excluding hydrogens is 407 g/mol. The first-order chi connectivity index (χ1) is 10.9. The number of hydrogen-bond donors (Lipinski definition) is 2. The van der Waals surface area contributed by atoms with Crippen molar-refractivity contribution in [1.82, 2.24) is 5.43 Å². The first kappa shape index (κ1) is 17.6. The molecule has 2 aromatic carbocycles. The second-order valence-corrected chi connectivity index (χ2v) is 6.05. The van der Waals surface area contributed by atoms with Gasteiger partial charge in [-0.15, -0.1) is 0 Å². The van der Waals surface area contributed by atoms with Crippen LogP contribution in [0.4, 0.5) is 0 Å². The maximum atomic E-state index is 12.0. The van der Waals surface area contributed by atoms with E-state index in [9.17, 15) is 9.90 Å². The van der Waals surface area contributed by atoms with Gasteiger partial charge in [0.1, 0.15) is 0 Å². The number of phenolic OH excluding ortho intramolecular Hbond substituents is 1. The zero-order valence-corrected chi connectivity index (χ0v) is 14.9. The van der Waals surface area contributed by atoms with E-state index in [1.54, 1.807) is 24.3 Å². The van der Waals surface area contributed by atoms with E-state index in [0.717, 1.165) is 4.47 Å². The largest absolute Gasteiger partial charge is 0.504 e. The number of benzene rings is 2. The molecule has 2 N–H and O–H groups in total. The lowest BCUT2D eigenvalue weighted by molar-refractivity contribution is 0.0955. The molecule has 0 atom stereocenters. The van der Waals surface area contributed by atoms with E-state index in [1.165, 1.54) is 19.4 Å². The Kier molecular flexibility index (Phi) is 5.87. The normalized spacial score (nSPS) is 10.8. The minimum absolute atomic E-state index is 0.102. The second kappa shape index (κ2) is 7.68. The highest BCUT2D eigenvalue weighted by Crippen LogP contribution is 2.38. The van der Waals surface area contributed by atoms with Gasteiger partial charge in [0, 0.05) is 16.1 Å². The SMILES string of the molecule is COc1cc(Cl)c(Cl)c(C=NNC(=O)c2cccc(Br)c2)c1O. The summed E-state index contributed by atoms with van der Waals surface area (Å²) >= 11 is 15.3. The van der Waals surface area contributed by atoms with Crippen molar-refractivity contribution < 1.29 is 14.6 Å². The topological polar surface area (TPSA) is 70.9 Å². The molecule has 8 heteroatoms. The molecule has 0 aromatic heterocycles. The first-order valence-corrected chi connectivity index (χ1v) is 7.83. The van der Waals surface area contributed by atoms with Gasteiger partial charge < -0.3 is 9.84 Å².